The number of carbonyl (C=O) groups is 3. The van der Waals surface area contributed by atoms with Crippen molar-refractivity contribution >= 4 is 17.8 Å². The maximum Gasteiger partial charge on any atom is 0.303 e. The number of carboxylic acids is 1. The molecule has 0 aromatic carbocycles. The molecule has 0 atom stereocenters. The lowest BCUT2D eigenvalue weighted by Gasteiger charge is -2.21. The smallest absolute Gasteiger partial charge is 0.303 e. The Morgan fingerprint density at radius 1 is 0.947 bits per heavy atom. The molecule has 1 heterocycles. The van der Waals surface area contributed by atoms with Crippen molar-refractivity contribution in [3.8, 4) is 0 Å². The largest absolute Gasteiger partial charge is 0.481 e. The molecular formula is C13H22N2O4. The maximum atomic E-state index is 11.9. The summed E-state index contributed by atoms with van der Waals surface area (Å²) in [6, 6.07) is 0. The number of carbonyl (C=O) groups excluding carboxylic acids is 2. The molecule has 0 unspecified atom stereocenters. The first kappa shape index (κ1) is 15.5. The molecule has 1 saturated heterocycles. The molecule has 1 N–H and O–H groups in total. The molecule has 2 amide bonds. The van der Waals surface area contributed by atoms with Crippen LogP contribution in [0.4, 0.5) is 0 Å². The van der Waals surface area contributed by atoms with Gasteiger partial charge in [0, 0.05) is 45.4 Å². The van der Waals surface area contributed by atoms with E-state index in [1.54, 1.807) is 9.80 Å². The summed E-state index contributed by atoms with van der Waals surface area (Å²) in [5, 5.41) is 8.54. The standard InChI is InChI=1S/C13H22N2O4/c1-2-11(16)14-7-4-8-15(10-9-14)12(17)5-3-6-13(18)19/h2-10H2,1H3,(H,18,19). The Bertz CT molecular complexity index is 344. The fourth-order valence-electron chi connectivity index (χ4n) is 2.19. The first-order valence-corrected chi connectivity index (χ1v) is 6.82. The summed E-state index contributed by atoms with van der Waals surface area (Å²) < 4.78 is 0. The second kappa shape index (κ2) is 7.76. The Morgan fingerprint density at radius 2 is 1.53 bits per heavy atom. The fourth-order valence-corrected chi connectivity index (χ4v) is 2.19. The third-order valence-corrected chi connectivity index (χ3v) is 3.29. The van der Waals surface area contributed by atoms with E-state index in [2.05, 4.69) is 0 Å². The summed E-state index contributed by atoms with van der Waals surface area (Å²) in [7, 11) is 0. The summed E-state index contributed by atoms with van der Waals surface area (Å²) >= 11 is 0. The van der Waals surface area contributed by atoms with E-state index in [-0.39, 0.29) is 24.7 Å². The Hall–Kier alpha value is -1.59. The van der Waals surface area contributed by atoms with Crippen LogP contribution in [0.5, 0.6) is 0 Å². The Balaban J connectivity index is 2.37. The van der Waals surface area contributed by atoms with E-state index < -0.39 is 5.97 Å². The minimum atomic E-state index is -0.872. The van der Waals surface area contributed by atoms with Gasteiger partial charge < -0.3 is 14.9 Å². The molecule has 19 heavy (non-hydrogen) atoms. The minimum Gasteiger partial charge on any atom is -0.481 e. The average Bonchev–Trinajstić information content (AvgIpc) is 2.63. The van der Waals surface area contributed by atoms with Gasteiger partial charge in [0.1, 0.15) is 0 Å². The van der Waals surface area contributed by atoms with Crippen LogP contribution in [0.25, 0.3) is 0 Å². The van der Waals surface area contributed by atoms with Gasteiger partial charge in [0.2, 0.25) is 11.8 Å². The van der Waals surface area contributed by atoms with Gasteiger partial charge in [0.25, 0.3) is 0 Å². The van der Waals surface area contributed by atoms with Crippen LogP contribution in [0.15, 0.2) is 0 Å². The Labute approximate surface area is 113 Å². The van der Waals surface area contributed by atoms with Crippen molar-refractivity contribution in [3.63, 3.8) is 0 Å². The maximum absolute atomic E-state index is 11.9. The first-order valence-electron chi connectivity index (χ1n) is 6.82. The monoisotopic (exact) mass is 270 g/mol. The Kier molecular flexibility index (Phi) is 6.32. The molecule has 6 nitrogen and oxygen atoms in total. The van der Waals surface area contributed by atoms with Crippen molar-refractivity contribution in [1.82, 2.24) is 9.80 Å². The van der Waals surface area contributed by atoms with Crippen molar-refractivity contribution in [3.05, 3.63) is 0 Å². The normalized spacial score (nSPS) is 16.1. The summed E-state index contributed by atoms with van der Waals surface area (Å²) in [5.74, 6) is -0.754. The van der Waals surface area contributed by atoms with Gasteiger partial charge in [0.15, 0.2) is 0 Å². The molecule has 1 aliphatic heterocycles. The van der Waals surface area contributed by atoms with Crippen LogP contribution in [0, 0.1) is 0 Å². The second-order valence-corrected chi connectivity index (χ2v) is 4.72. The van der Waals surface area contributed by atoms with Crippen LogP contribution in [0.3, 0.4) is 0 Å². The molecule has 0 spiro atoms. The van der Waals surface area contributed by atoms with Crippen LogP contribution >= 0.6 is 0 Å². The van der Waals surface area contributed by atoms with Gasteiger partial charge in [-0.3, -0.25) is 14.4 Å². The SMILES string of the molecule is CCC(=O)N1CCCN(C(=O)CCCC(=O)O)CC1. The lowest BCUT2D eigenvalue weighted by molar-refractivity contribution is -0.137. The molecule has 1 aliphatic rings. The van der Waals surface area contributed by atoms with E-state index in [0.29, 0.717) is 39.0 Å². The van der Waals surface area contributed by atoms with E-state index >= 15 is 0 Å². The highest BCUT2D eigenvalue weighted by Gasteiger charge is 2.20. The number of nitrogens with zero attached hydrogens (tertiary/aromatic N) is 2. The van der Waals surface area contributed by atoms with Crippen LogP contribution in [0.2, 0.25) is 0 Å². The van der Waals surface area contributed by atoms with Gasteiger partial charge in [-0.2, -0.15) is 0 Å². The van der Waals surface area contributed by atoms with Crippen LogP contribution in [-0.2, 0) is 14.4 Å². The zero-order valence-corrected chi connectivity index (χ0v) is 11.4. The molecule has 1 rings (SSSR count). The lowest BCUT2D eigenvalue weighted by atomic mass is 10.2. The van der Waals surface area contributed by atoms with Gasteiger partial charge in [-0.25, -0.2) is 0 Å². The van der Waals surface area contributed by atoms with Crippen molar-refractivity contribution < 1.29 is 19.5 Å². The molecule has 0 saturated carbocycles. The van der Waals surface area contributed by atoms with Gasteiger partial charge in [-0.05, 0) is 12.8 Å². The zero-order chi connectivity index (χ0) is 14.3. The topological polar surface area (TPSA) is 77.9 Å². The fraction of sp³-hybridized carbons (Fsp3) is 0.769. The van der Waals surface area contributed by atoms with Gasteiger partial charge in [0.05, 0.1) is 0 Å². The Morgan fingerprint density at radius 3 is 2.05 bits per heavy atom. The summed E-state index contributed by atoms with van der Waals surface area (Å²) in [5.41, 5.74) is 0. The minimum absolute atomic E-state index is 0.00736. The highest BCUT2D eigenvalue weighted by Crippen LogP contribution is 2.08. The number of hydrogen-bond donors (Lipinski definition) is 1. The molecule has 0 aromatic rings. The van der Waals surface area contributed by atoms with Crippen molar-refractivity contribution in [1.29, 1.82) is 0 Å². The molecule has 0 radical (unpaired) electrons. The highest BCUT2D eigenvalue weighted by atomic mass is 16.4. The van der Waals surface area contributed by atoms with Crippen LogP contribution < -0.4 is 0 Å². The van der Waals surface area contributed by atoms with Crippen LogP contribution in [-0.4, -0.2) is 58.9 Å². The van der Waals surface area contributed by atoms with E-state index in [4.69, 9.17) is 5.11 Å². The lowest BCUT2D eigenvalue weighted by Crippen LogP contribution is -2.37. The number of amides is 2. The van der Waals surface area contributed by atoms with E-state index in [0.717, 1.165) is 6.42 Å². The summed E-state index contributed by atoms with van der Waals surface area (Å²) in [4.78, 5) is 37.4. The van der Waals surface area contributed by atoms with Crippen molar-refractivity contribution in [2.45, 2.75) is 39.0 Å². The molecule has 0 bridgehead atoms. The molecular weight excluding hydrogens is 248 g/mol. The van der Waals surface area contributed by atoms with Crippen LogP contribution in [0.1, 0.15) is 39.0 Å². The van der Waals surface area contributed by atoms with Gasteiger partial charge in [-0.1, -0.05) is 6.92 Å². The number of aliphatic carboxylic acids is 1. The van der Waals surface area contributed by atoms with E-state index in [1.807, 2.05) is 6.92 Å². The summed E-state index contributed by atoms with van der Waals surface area (Å²) in [6.07, 6.45) is 1.96. The predicted octanol–water partition coefficient (Wildman–Crippen LogP) is 0.712. The van der Waals surface area contributed by atoms with E-state index in [1.165, 1.54) is 0 Å². The third kappa shape index (κ3) is 5.28. The quantitative estimate of drug-likeness (QED) is 0.798. The zero-order valence-electron chi connectivity index (χ0n) is 11.4. The molecule has 6 heteroatoms. The highest BCUT2D eigenvalue weighted by molar-refractivity contribution is 5.78. The number of carboxylic acid groups (broad SMARTS) is 1. The third-order valence-electron chi connectivity index (χ3n) is 3.29. The van der Waals surface area contributed by atoms with Gasteiger partial charge in [-0.15, -0.1) is 0 Å². The van der Waals surface area contributed by atoms with Crippen molar-refractivity contribution in [2.75, 3.05) is 26.2 Å². The molecule has 1 fully saturated rings. The number of hydrogen-bond acceptors (Lipinski definition) is 3. The predicted molar refractivity (Wildman–Crippen MR) is 69.6 cm³/mol. The number of rotatable bonds is 5. The molecule has 108 valence electrons. The summed E-state index contributed by atoms with van der Waals surface area (Å²) in [6.45, 7) is 4.32. The average molecular weight is 270 g/mol. The van der Waals surface area contributed by atoms with Crippen molar-refractivity contribution in [2.24, 2.45) is 0 Å². The molecule has 0 aromatic heterocycles. The molecule has 0 aliphatic carbocycles. The second-order valence-electron chi connectivity index (χ2n) is 4.72. The van der Waals surface area contributed by atoms with Gasteiger partial charge >= 0.3 is 5.97 Å². The van der Waals surface area contributed by atoms with E-state index in [9.17, 15) is 14.4 Å². The first-order chi connectivity index (χ1) is 9.04.